The first kappa shape index (κ1) is 22.1. The van der Waals surface area contributed by atoms with E-state index in [4.69, 9.17) is 4.74 Å². The number of likely N-dealkylation sites (tertiary alicyclic amines) is 1. The fourth-order valence-electron chi connectivity index (χ4n) is 4.33. The number of thiophene rings is 1. The van der Waals surface area contributed by atoms with Crippen LogP contribution in [0.1, 0.15) is 74.2 Å². The van der Waals surface area contributed by atoms with Gasteiger partial charge in [0, 0.05) is 29.9 Å². The molecule has 3 amide bonds. The summed E-state index contributed by atoms with van der Waals surface area (Å²) in [6.45, 7) is 9.18. The Bertz CT molecular complexity index is 884. The predicted octanol–water partition coefficient (Wildman–Crippen LogP) is 3.96. The van der Waals surface area contributed by atoms with E-state index in [0.29, 0.717) is 22.9 Å². The van der Waals surface area contributed by atoms with Gasteiger partial charge < -0.3 is 20.3 Å². The fraction of sp³-hybridized carbons (Fsp3) is 0.696. The molecule has 0 spiro atoms. The maximum absolute atomic E-state index is 13.5. The summed E-state index contributed by atoms with van der Waals surface area (Å²) >= 11 is 1.53. The number of anilines is 1. The molecule has 2 N–H and O–H groups in total. The molecule has 31 heavy (non-hydrogen) atoms. The van der Waals surface area contributed by atoms with Crippen molar-refractivity contribution in [3.8, 4) is 0 Å². The van der Waals surface area contributed by atoms with E-state index in [1.807, 2.05) is 25.7 Å². The van der Waals surface area contributed by atoms with Crippen molar-refractivity contribution < 1.29 is 19.1 Å². The second-order valence-corrected chi connectivity index (χ2v) is 11.3. The summed E-state index contributed by atoms with van der Waals surface area (Å²) in [6, 6.07) is -0.0898. The number of fused-ring (bicyclic) bond motifs is 1. The molecule has 2 atom stereocenters. The average Bonchev–Trinajstić information content (AvgIpc) is 3.34. The highest BCUT2D eigenvalue weighted by Gasteiger charge is 2.36. The van der Waals surface area contributed by atoms with Gasteiger partial charge in [-0.2, -0.15) is 0 Å². The van der Waals surface area contributed by atoms with Crippen molar-refractivity contribution in [2.24, 2.45) is 11.8 Å². The van der Waals surface area contributed by atoms with Crippen molar-refractivity contribution in [1.29, 1.82) is 0 Å². The van der Waals surface area contributed by atoms with Gasteiger partial charge in [0.2, 0.25) is 5.91 Å². The van der Waals surface area contributed by atoms with Crippen LogP contribution in [0.3, 0.4) is 0 Å². The number of carbonyl (C=O) groups excluding carboxylic acids is 3. The van der Waals surface area contributed by atoms with E-state index >= 15 is 0 Å². The van der Waals surface area contributed by atoms with Gasteiger partial charge in [-0.15, -0.1) is 11.3 Å². The number of nitrogens with zero attached hydrogens (tertiary/aromatic N) is 1. The summed E-state index contributed by atoms with van der Waals surface area (Å²) < 4.78 is 5.41. The van der Waals surface area contributed by atoms with Crippen LogP contribution in [0.15, 0.2) is 0 Å². The molecular formula is C23H33N3O4S. The van der Waals surface area contributed by atoms with E-state index in [1.54, 1.807) is 0 Å². The summed E-state index contributed by atoms with van der Waals surface area (Å²) in [7, 11) is 0. The Labute approximate surface area is 187 Å². The third kappa shape index (κ3) is 5.22. The van der Waals surface area contributed by atoms with Crippen LogP contribution in [-0.2, 0) is 22.4 Å². The van der Waals surface area contributed by atoms with Crippen molar-refractivity contribution in [2.75, 3.05) is 18.4 Å². The topological polar surface area (TPSA) is 87.7 Å². The monoisotopic (exact) mass is 447 g/mol. The highest BCUT2D eigenvalue weighted by atomic mass is 32.1. The van der Waals surface area contributed by atoms with Gasteiger partial charge in [0.15, 0.2) is 0 Å². The molecule has 7 nitrogen and oxygen atoms in total. The second kappa shape index (κ2) is 8.45. The van der Waals surface area contributed by atoms with Crippen molar-refractivity contribution in [3.05, 3.63) is 16.0 Å². The van der Waals surface area contributed by atoms with E-state index in [1.165, 1.54) is 11.3 Å². The zero-order valence-electron chi connectivity index (χ0n) is 18.9. The number of hydrogen-bond donors (Lipinski definition) is 2. The Morgan fingerprint density at radius 3 is 2.48 bits per heavy atom. The molecule has 1 aromatic heterocycles. The molecule has 0 radical (unpaired) electrons. The van der Waals surface area contributed by atoms with Crippen LogP contribution in [0.25, 0.3) is 0 Å². The molecule has 8 heteroatoms. The molecular weight excluding hydrogens is 414 g/mol. The van der Waals surface area contributed by atoms with E-state index in [9.17, 15) is 14.4 Å². The van der Waals surface area contributed by atoms with E-state index in [0.717, 1.165) is 55.6 Å². The van der Waals surface area contributed by atoms with E-state index in [-0.39, 0.29) is 23.8 Å². The molecule has 0 aromatic carbocycles. The number of ether oxygens (including phenoxy) is 1. The number of rotatable bonds is 4. The predicted molar refractivity (Wildman–Crippen MR) is 121 cm³/mol. The number of carbonyl (C=O) groups is 3. The maximum Gasteiger partial charge on any atom is 0.407 e. The number of aryl methyl sites for hydroxylation is 1. The normalized spacial score (nSPS) is 23.3. The van der Waals surface area contributed by atoms with Gasteiger partial charge in [-0.25, -0.2) is 4.79 Å². The minimum atomic E-state index is -0.555. The number of hydrogen-bond acceptors (Lipinski definition) is 5. The van der Waals surface area contributed by atoms with Crippen molar-refractivity contribution in [2.45, 2.75) is 77.9 Å². The van der Waals surface area contributed by atoms with Crippen molar-refractivity contribution in [3.63, 3.8) is 0 Å². The smallest absolute Gasteiger partial charge is 0.407 e. The molecule has 2 unspecified atom stereocenters. The van der Waals surface area contributed by atoms with Gasteiger partial charge in [-0.05, 0) is 70.8 Å². The Morgan fingerprint density at radius 2 is 1.87 bits per heavy atom. The van der Waals surface area contributed by atoms with Crippen LogP contribution in [0.4, 0.5) is 9.80 Å². The summed E-state index contributed by atoms with van der Waals surface area (Å²) in [5, 5.41) is 6.71. The molecule has 2 fully saturated rings. The number of amides is 3. The van der Waals surface area contributed by atoms with Gasteiger partial charge in [0.1, 0.15) is 10.6 Å². The molecule has 4 rings (SSSR count). The lowest BCUT2D eigenvalue weighted by Gasteiger charge is -2.27. The van der Waals surface area contributed by atoms with Crippen LogP contribution in [0.2, 0.25) is 0 Å². The summed E-state index contributed by atoms with van der Waals surface area (Å²) in [4.78, 5) is 41.3. The average molecular weight is 448 g/mol. The molecule has 1 aliphatic heterocycles. The van der Waals surface area contributed by atoms with Crippen LogP contribution in [0.5, 0.6) is 0 Å². The van der Waals surface area contributed by atoms with Crippen molar-refractivity contribution in [1.82, 2.24) is 10.2 Å². The Kier molecular flexibility index (Phi) is 6.03. The lowest BCUT2D eigenvalue weighted by molar-refractivity contribution is -0.117. The van der Waals surface area contributed by atoms with E-state index in [2.05, 4.69) is 17.6 Å². The summed E-state index contributed by atoms with van der Waals surface area (Å²) in [6.07, 6.45) is 4.56. The van der Waals surface area contributed by atoms with Gasteiger partial charge in [0.25, 0.3) is 5.91 Å². The molecule has 170 valence electrons. The van der Waals surface area contributed by atoms with E-state index < -0.39 is 11.7 Å². The van der Waals surface area contributed by atoms with Gasteiger partial charge in [-0.1, -0.05) is 6.92 Å². The third-order valence-electron chi connectivity index (χ3n) is 6.09. The lowest BCUT2D eigenvalue weighted by atomic mass is 9.91. The minimum absolute atomic E-state index is 0.00543. The molecule has 2 aliphatic carbocycles. The minimum Gasteiger partial charge on any atom is -0.444 e. The molecule has 0 bridgehead atoms. The molecule has 2 heterocycles. The van der Waals surface area contributed by atoms with Crippen molar-refractivity contribution >= 4 is 34.2 Å². The standard InChI is InChI=1S/C23H33N3O4S/c1-13-9-10-26(12-13)21(28)18-16-11-15(24-22(29)30-23(2,3)4)7-8-17(16)31-20(18)25-19(27)14-5-6-14/h13-15H,5-12H2,1-4H3,(H,24,29)(H,25,27). The van der Waals surface area contributed by atoms with Gasteiger partial charge in [0.05, 0.1) is 5.56 Å². The zero-order valence-corrected chi connectivity index (χ0v) is 19.7. The molecule has 3 aliphatic rings. The Balaban J connectivity index is 1.56. The highest BCUT2D eigenvalue weighted by Crippen LogP contribution is 2.41. The second-order valence-electron chi connectivity index (χ2n) is 10.2. The van der Waals surface area contributed by atoms with Crippen LogP contribution in [-0.4, -0.2) is 47.5 Å². The summed E-state index contributed by atoms with van der Waals surface area (Å²) in [5.74, 6) is 0.594. The molecule has 1 saturated heterocycles. The Morgan fingerprint density at radius 1 is 1.13 bits per heavy atom. The third-order valence-corrected chi connectivity index (χ3v) is 7.30. The fourth-order valence-corrected chi connectivity index (χ4v) is 5.57. The molecule has 1 saturated carbocycles. The lowest BCUT2D eigenvalue weighted by Crippen LogP contribution is -2.42. The van der Waals surface area contributed by atoms with Gasteiger partial charge >= 0.3 is 6.09 Å². The van der Waals surface area contributed by atoms with Crippen LogP contribution in [0, 0.1) is 11.8 Å². The van der Waals surface area contributed by atoms with Crippen LogP contribution >= 0.6 is 11.3 Å². The first-order valence-corrected chi connectivity index (χ1v) is 12.2. The summed E-state index contributed by atoms with van der Waals surface area (Å²) in [5.41, 5.74) is 1.06. The maximum atomic E-state index is 13.5. The number of alkyl carbamates (subject to hydrolysis) is 1. The first-order valence-electron chi connectivity index (χ1n) is 11.3. The largest absolute Gasteiger partial charge is 0.444 e. The molecule has 1 aromatic rings. The van der Waals surface area contributed by atoms with Crippen LogP contribution < -0.4 is 10.6 Å². The van der Waals surface area contributed by atoms with Gasteiger partial charge in [-0.3, -0.25) is 9.59 Å². The SMILES string of the molecule is CC1CCN(C(=O)c2c(NC(=O)C3CC3)sc3c2CC(NC(=O)OC(C)(C)C)CC3)C1. The zero-order chi connectivity index (χ0) is 22.3. The highest BCUT2D eigenvalue weighted by molar-refractivity contribution is 7.17. The quantitative estimate of drug-likeness (QED) is 0.731. The number of nitrogens with one attached hydrogen (secondary N) is 2. The Hall–Kier alpha value is -2.09. The first-order chi connectivity index (χ1) is 14.6.